The van der Waals surface area contributed by atoms with Gasteiger partial charge in [-0.1, -0.05) is 42.6 Å². The Balaban J connectivity index is 1.31. The first-order valence-electron chi connectivity index (χ1n) is 12.5. The molecule has 190 valence electrons. The molecule has 8 nitrogen and oxygen atoms in total. The van der Waals surface area contributed by atoms with E-state index in [-0.39, 0.29) is 5.56 Å². The number of ether oxygens (including phenoxy) is 1. The summed E-state index contributed by atoms with van der Waals surface area (Å²) >= 11 is 6.17. The molecular formula is C27H32ClN5O3. The molecule has 1 aliphatic carbocycles. The Hall–Kier alpha value is -3.07. The van der Waals surface area contributed by atoms with Crippen molar-refractivity contribution in [1.82, 2.24) is 14.8 Å². The molecule has 0 amide bonds. The second-order valence-electron chi connectivity index (χ2n) is 9.45. The number of aromatic nitrogens is 2. The lowest BCUT2D eigenvalue weighted by atomic mass is 10.1. The highest BCUT2D eigenvalue weighted by Crippen LogP contribution is 2.29. The summed E-state index contributed by atoms with van der Waals surface area (Å²) in [5.74, 6) is 0.841. The number of hydrogen-bond donors (Lipinski definition) is 1. The Morgan fingerprint density at radius 2 is 1.81 bits per heavy atom. The molecule has 3 aromatic rings. The number of hydrogen-bond acceptors (Lipinski definition) is 7. The number of piperazine rings is 1. The standard InChI is InChI=1S/C27H32ClN5O3/c28-22-8-4-10-24(16-22)33-27(34)26(35-18-20-5-1-2-6-20)25(17-30-33)31-11-13-32(14-12-31)36-19-21-7-3-9-23(29)15-21/h3-4,7-10,15-17,20H,1-2,5-6,11-14,18-19,29H2. The van der Waals surface area contributed by atoms with E-state index in [4.69, 9.17) is 26.9 Å². The van der Waals surface area contributed by atoms with Gasteiger partial charge in [-0.05, 0) is 54.7 Å². The molecule has 0 atom stereocenters. The number of hydroxylamine groups is 2. The summed E-state index contributed by atoms with van der Waals surface area (Å²) in [6.45, 7) is 3.80. The normalized spacial score (nSPS) is 17.0. The molecule has 5 rings (SSSR count). The fourth-order valence-electron chi connectivity index (χ4n) is 4.87. The zero-order valence-electron chi connectivity index (χ0n) is 20.3. The maximum absolute atomic E-state index is 13.6. The first-order chi connectivity index (χ1) is 17.6. The second-order valence-corrected chi connectivity index (χ2v) is 9.89. The summed E-state index contributed by atoms with van der Waals surface area (Å²) in [4.78, 5) is 21.7. The van der Waals surface area contributed by atoms with E-state index in [2.05, 4.69) is 10.00 Å². The van der Waals surface area contributed by atoms with Crippen LogP contribution in [0.15, 0.2) is 59.5 Å². The molecule has 0 unspecified atom stereocenters. The van der Waals surface area contributed by atoms with Gasteiger partial charge in [0.25, 0.3) is 0 Å². The molecule has 2 fully saturated rings. The number of benzene rings is 2. The number of halogens is 1. The number of anilines is 2. The molecule has 2 aliphatic rings. The van der Waals surface area contributed by atoms with Crippen molar-refractivity contribution in [2.45, 2.75) is 32.3 Å². The van der Waals surface area contributed by atoms with Gasteiger partial charge in [0, 0.05) is 36.9 Å². The molecule has 0 radical (unpaired) electrons. The molecule has 9 heteroatoms. The van der Waals surface area contributed by atoms with Crippen molar-refractivity contribution in [2.75, 3.05) is 43.4 Å². The van der Waals surface area contributed by atoms with E-state index in [1.54, 1.807) is 18.3 Å². The van der Waals surface area contributed by atoms with Crippen LogP contribution in [-0.2, 0) is 11.4 Å². The SMILES string of the molecule is Nc1cccc(CON2CCN(c3cnn(-c4cccc(Cl)c4)c(=O)c3OCC3CCCC3)CC2)c1. The van der Waals surface area contributed by atoms with Gasteiger partial charge in [0.1, 0.15) is 5.69 Å². The van der Waals surface area contributed by atoms with Crippen molar-refractivity contribution in [3.05, 3.63) is 75.7 Å². The summed E-state index contributed by atoms with van der Waals surface area (Å²) in [6, 6.07) is 14.8. The fourth-order valence-corrected chi connectivity index (χ4v) is 5.05. The highest BCUT2D eigenvalue weighted by molar-refractivity contribution is 6.30. The van der Waals surface area contributed by atoms with Gasteiger partial charge < -0.3 is 15.4 Å². The number of rotatable bonds is 8. The first-order valence-corrected chi connectivity index (χ1v) is 12.9. The van der Waals surface area contributed by atoms with Gasteiger partial charge in [0.05, 0.1) is 25.1 Å². The minimum atomic E-state index is -0.270. The van der Waals surface area contributed by atoms with E-state index in [0.29, 0.717) is 61.8 Å². The highest BCUT2D eigenvalue weighted by atomic mass is 35.5. The predicted molar refractivity (Wildman–Crippen MR) is 142 cm³/mol. The first kappa shape index (κ1) is 24.6. The quantitative estimate of drug-likeness (QED) is 0.453. The highest BCUT2D eigenvalue weighted by Gasteiger charge is 2.25. The Labute approximate surface area is 216 Å². The third kappa shape index (κ3) is 5.83. The van der Waals surface area contributed by atoms with Gasteiger partial charge >= 0.3 is 5.56 Å². The van der Waals surface area contributed by atoms with Crippen LogP contribution in [-0.4, -0.2) is 47.6 Å². The van der Waals surface area contributed by atoms with Crippen LogP contribution < -0.4 is 20.9 Å². The monoisotopic (exact) mass is 509 g/mol. The van der Waals surface area contributed by atoms with Crippen LogP contribution in [0.3, 0.4) is 0 Å². The minimum Gasteiger partial charge on any atom is -0.486 e. The molecule has 1 aliphatic heterocycles. The Kier molecular flexibility index (Phi) is 7.75. The van der Waals surface area contributed by atoms with Gasteiger partial charge in [-0.2, -0.15) is 14.8 Å². The van der Waals surface area contributed by atoms with Crippen LogP contribution in [0.5, 0.6) is 5.75 Å². The summed E-state index contributed by atoms with van der Waals surface area (Å²) in [5, 5.41) is 6.98. The van der Waals surface area contributed by atoms with Crippen LogP contribution in [0.1, 0.15) is 31.2 Å². The van der Waals surface area contributed by atoms with E-state index >= 15 is 0 Å². The number of nitrogens with zero attached hydrogens (tertiary/aromatic N) is 4. The zero-order chi connectivity index (χ0) is 24.9. The smallest absolute Gasteiger partial charge is 0.316 e. The van der Waals surface area contributed by atoms with Gasteiger partial charge in [-0.25, -0.2) is 0 Å². The van der Waals surface area contributed by atoms with E-state index in [0.717, 1.165) is 29.8 Å². The molecule has 2 aromatic carbocycles. The maximum Gasteiger partial charge on any atom is 0.316 e. The van der Waals surface area contributed by atoms with Crippen molar-refractivity contribution in [3.63, 3.8) is 0 Å². The van der Waals surface area contributed by atoms with Crippen molar-refractivity contribution >= 4 is 23.0 Å². The van der Waals surface area contributed by atoms with Gasteiger partial charge in [-0.15, -0.1) is 0 Å². The van der Waals surface area contributed by atoms with Gasteiger partial charge in [0.15, 0.2) is 0 Å². The van der Waals surface area contributed by atoms with Crippen LogP contribution in [0.25, 0.3) is 5.69 Å². The lowest BCUT2D eigenvalue weighted by Gasteiger charge is -2.35. The third-order valence-electron chi connectivity index (χ3n) is 6.85. The number of nitrogens with two attached hydrogens (primary N) is 1. The average Bonchev–Trinajstić information content (AvgIpc) is 3.41. The molecule has 1 aromatic heterocycles. The predicted octanol–water partition coefficient (Wildman–Crippen LogP) is 4.29. The molecule has 0 spiro atoms. The van der Waals surface area contributed by atoms with E-state index in [9.17, 15) is 4.79 Å². The molecule has 1 saturated carbocycles. The van der Waals surface area contributed by atoms with Gasteiger partial charge in [0.2, 0.25) is 5.75 Å². The van der Waals surface area contributed by atoms with E-state index in [1.165, 1.54) is 17.5 Å². The Morgan fingerprint density at radius 3 is 2.56 bits per heavy atom. The maximum atomic E-state index is 13.6. The molecule has 1 saturated heterocycles. The van der Waals surface area contributed by atoms with Crippen LogP contribution in [0, 0.1) is 5.92 Å². The Bertz CT molecular complexity index is 1240. The van der Waals surface area contributed by atoms with E-state index < -0.39 is 0 Å². The minimum absolute atomic E-state index is 0.270. The van der Waals surface area contributed by atoms with Crippen molar-refractivity contribution in [3.8, 4) is 11.4 Å². The molecule has 36 heavy (non-hydrogen) atoms. The van der Waals surface area contributed by atoms with Crippen molar-refractivity contribution < 1.29 is 9.57 Å². The Morgan fingerprint density at radius 1 is 1.03 bits per heavy atom. The lowest BCUT2D eigenvalue weighted by Crippen LogP contribution is -2.46. The van der Waals surface area contributed by atoms with Crippen LogP contribution >= 0.6 is 11.6 Å². The van der Waals surface area contributed by atoms with Crippen LogP contribution in [0.4, 0.5) is 11.4 Å². The lowest BCUT2D eigenvalue weighted by molar-refractivity contribution is -0.171. The fraction of sp³-hybridized carbons (Fsp3) is 0.407. The summed E-state index contributed by atoms with van der Waals surface area (Å²) in [5.41, 5.74) is 8.71. The van der Waals surface area contributed by atoms with Gasteiger partial charge in [-0.3, -0.25) is 9.63 Å². The third-order valence-corrected chi connectivity index (χ3v) is 7.08. The summed E-state index contributed by atoms with van der Waals surface area (Å²) in [6.07, 6.45) is 6.47. The number of nitrogen functional groups attached to an aromatic ring is 1. The topological polar surface area (TPSA) is 85.9 Å². The van der Waals surface area contributed by atoms with E-state index in [1.807, 2.05) is 41.5 Å². The molecule has 2 N–H and O–H groups in total. The van der Waals surface area contributed by atoms with Crippen LogP contribution in [0.2, 0.25) is 5.02 Å². The molecular weight excluding hydrogens is 478 g/mol. The molecule has 0 bridgehead atoms. The zero-order valence-corrected chi connectivity index (χ0v) is 21.1. The van der Waals surface area contributed by atoms with Crippen molar-refractivity contribution in [1.29, 1.82) is 0 Å². The second kappa shape index (κ2) is 11.3. The van der Waals surface area contributed by atoms with Crippen molar-refractivity contribution in [2.24, 2.45) is 5.92 Å². The largest absolute Gasteiger partial charge is 0.486 e. The molecule has 2 heterocycles. The summed E-state index contributed by atoms with van der Waals surface area (Å²) in [7, 11) is 0. The average molecular weight is 510 g/mol. The summed E-state index contributed by atoms with van der Waals surface area (Å²) < 4.78 is 7.60.